The molecule has 1 amide bonds. The highest BCUT2D eigenvalue weighted by Crippen LogP contribution is 2.22. The van der Waals surface area contributed by atoms with Crippen molar-refractivity contribution in [1.82, 2.24) is 25.4 Å². The number of nitrogens with one attached hydrogen (secondary N) is 1. The zero-order chi connectivity index (χ0) is 18.5. The number of methoxy groups -OCH3 is 1. The molecule has 1 aromatic carbocycles. The molecule has 0 aliphatic carbocycles. The molecule has 3 rings (SSSR count). The Morgan fingerprint density at radius 3 is 2.81 bits per heavy atom. The van der Waals surface area contributed by atoms with Crippen LogP contribution in [-0.4, -0.2) is 43.6 Å². The second-order valence-electron chi connectivity index (χ2n) is 5.54. The van der Waals surface area contributed by atoms with E-state index in [-0.39, 0.29) is 5.91 Å². The summed E-state index contributed by atoms with van der Waals surface area (Å²) in [6, 6.07) is 9.30. The zero-order valence-electron chi connectivity index (χ0n) is 14.5. The first-order valence-electron chi connectivity index (χ1n) is 7.85. The second-order valence-corrected chi connectivity index (χ2v) is 6.85. The van der Waals surface area contributed by atoms with Gasteiger partial charge in [-0.15, -0.1) is 5.10 Å². The van der Waals surface area contributed by atoms with E-state index in [2.05, 4.69) is 26.0 Å². The monoisotopic (exact) mass is 374 g/mol. The first kappa shape index (κ1) is 17.9. The molecule has 10 heteroatoms. The van der Waals surface area contributed by atoms with E-state index in [4.69, 9.17) is 9.26 Å². The van der Waals surface area contributed by atoms with Crippen LogP contribution >= 0.6 is 11.8 Å². The third kappa shape index (κ3) is 4.39. The van der Waals surface area contributed by atoms with Crippen molar-refractivity contribution < 1.29 is 14.1 Å². The number of anilines is 1. The van der Waals surface area contributed by atoms with Gasteiger partial charge in [-0.2, -0.15) is 0 Å². The van der Waals surface area contributed by atoms with Crippen LogP contribution < -0.4 is 10.1 Å². The molecule has 0 saturated carbocycles. The molecule has 0 bridgehead atoms. The van der Waals surface area contributed by atoms with Gasteiger partial charge < -0.3 is 14.6 Å². The lowest BCUT2D eigenvalue weighted by atomic mass is 10.2. The highest BCUT2D eigenvalue weighted by atomic mass is 32.2. The van der Waals surface area contributed by atoms with Crippen LogP contribution in [0.15, 0.2) is 40.0 Å². The van der Waals surface area contributed by atoms with Crippen LogP contribution in [0.1, 0.15) is 18.2 Å². The number of carbonyl (C=O) groups excluding carboxylic acids is 1. The number of amides is 1. The first-order valence-corrected chi connectivity index (χ1v) is 8.73. The Labute approximate surface area is 154 Å². The van der Waals surface area contributed by atoms with Crippen molar-refractivity contribution >= 4 is 23.5 Å². The van der Waals surface area contributed by atoms with Crippen molar-refractivity contribution in [3.05, 3.63) is 41.7 Å². The van der Waals surface area contributed by atoms with E-state index in [1.54, 1.807) is 31.7 Å². The molecule has 9 nitrogen and oxygen atoms in total. The normalized spacial score (nSPS) is 12.0. The van der Waals surface area contributed by atoms with E-state index >= 15 is 0 Å². The molecule has 136 valence electrons. The van der Waals surface area contributed by atoms with E-state index in [1.165, 1.54) is 11.8 Å². The fourth-order valence-electron chi connectivity index (χ4n) is 2.15. The predicted octanol–water partition coefficient (Wildman–Crippen LogP) is 2.15. The molecule has 0 fully saturated rings. The van der Waals surface area contributed by atoms with Crippen LogP contribution in [0.4, 0.5) is 5.82 Å². The standard InChI is InChI=1S/C16H18N6O3S/c1-10-8-14(19-25-10)17-15(23)11(2)26-16-18-20-21-22(16)9-12-4-6-13(24-3)7-5-12/h4-8,11H,9H2,1-3H3,(H,17,19,23). The van der Waals surface area contributed by atoms with Gasteiger partial charge in [0.15, 0.2) is 5.82 Å². The first-order chi connectivity index (χ1) is 12.5. The van der Waals surface area contributed by atoms with Gasteiger partial charge in [0.05, 0.1) is 18.9 Å². The van der Waals surface area contributed by atoms with Gasteiger partial charge in [-0.25, -0.2) is 4.68 Å². The van der Waals surface area contributed by atoms with Crippen molar-refractivity contribution in [1.29, 1.82) is 0 Å². The summed E-state index contributed by atoms with van der Waals surface area (Å²) in [4.78, 5) is 12.3. The van der Waals surface area contributed by atoms with Gasteiger partial charge in [0.1, 0.15) is 11.5 Å². The molecule has 1 atom stereocenters. The van der Waals surface area contributed by atoms with Crippen LogP contribution in [0, 0.1) is 6.92 Å². The summed E-state index contributed by atoms with van der Waals surface area (Å²) in [5.41, 5.74) is 1.02. The lowest BCUT2D eigenvalue weighted by molar-refractivity contribution is -0.115. The van der Waals surface area contributed by atoms with Gasteiger partial charge >= 0.3 is 0 Å². The number of benzene rings is 1. The minimum absolute atomic E-state index is 0.206. The maximum Gasteiger partial charge on any atom is 0.238 e. The molecule has 1 N–H and O–H groups in total. The van der Waals surface area contributed by atoms with Crippen molar-refractivity contribution in [2.24, 2.45) is 0 Å². The van der Waals surface area contributed by atoms with Crippen LogP contribution in [0.25, 0.3) is 0 Å². The lowest BCUT2D eigenvalue weighted by Gasteiger charge is -2.10. The minimum Gasteiger partial charge on any atom is -0.497 e. The summed E-state index contributed by atoms with van der Waals surface area (Å²) in [5.74, 6) is 1.59. The van der Waals surface area contributed by atoms with Crippen LogP contribution in [0.5, 0.6) is 5.75 Å². The number of nitrogens with zero attached hydrogens (tertiary/aromatic N) is 5. The minimum atomic E-state index is -0.410. The number of aromatic nitrogens is 5. The Hall–Kier alpha value is -2.88. The van der Waals surface area contributed by atoms with Gasteiger partial charge in [0, 0.05) is 6.07 Å². The summed E-state index contributed by atoms with van der Waals surface area (Å²) in [6.45, 7) is 4.03. The molecule has 26 heavy (non-hydrogen) atoms. The molecule has 0 spiro atoms. The van der Waals surface area contributed by atoms with E-state index in [0.29, 0.717) is 23.3 Å². The van der Waals surface area contributed by atoms with Crippen molar-refractivity contribution in [2.75, 3.05) is 12.4 Å². The molecule has 0 aliphatic heterocycles. The second kappa shape index (κ2) is 8.00. The fourth-order valence-corrected chi connectivity index (χ4v) is 2.94. The average Bonchev–Trinajstić information content (AvgIpc) is 3.24. The molecule has 0 saturated heterocycles. The Morgan fingerprint density at radius 1 is 1.38 bits per heavy atom. The number of thioether (sulfide) groups is 1. The number of ether oxygens (including phenoxy) is 1. The average molecular weight is 374 g/mol. The summed E-state index contributed by atoms with van der Waals surface area (Å²) in [6.07, 6.45) is 0. The fraction of sp³-hybridized carbons (Fsp3) is 0.312. The highest BCUT2D eigenvalue weighted by Gasteiger charge is 2.19. The number of carbonyl (C=O) groups is 1. The van der Waals surface area contributed by atoms with E-state index in [9.17, 15) is 4.79 Å². The SMILES string of the molecule is COc1ccc(Cn2nnnc2SC(C)C(=O)Nc2cc(C)on2)cc1. The number of rotatable bonds is 7. The molecule has 0 aliphatic rings. The molecule has 0 radical (unpaired) electrons. The van der Waals surface area contributed by atoms with Gasteiger partial charge in [-0.05, 0) is 42.0 Å². The lowest BCUT2D eigenvalue weighted by Crippen LogP contribution is -2.23. The quantitative estimate of drug-likeness (QED) is 0.627. The van der Waals surface area contributed by atoms with Gasteiger partial charge in [0.25, 0.3) is 0 Å². The largest absolute Gasteiger partial charge is 0.497 e. The summed E-state index contributed by atoms with van der Waals surface area (Å²) in [5, 5.41) is 18.3. The molecular weight excluding hydrogens is 356 g/mol. The molecule has 2 heterocycles. The zero-order valence-corrected chi connectivity index (χ0v) is 15.4. The number of hydrogen-bond donors (Lipinski definition) is 1. The topological polar surface area (TPSA) is 108 Å². The predicted molar refractivity (Wildman–Crippen MR) is 95.1 cm³/mol. The highest BCUT2D eigenvalue weighted by molar-refractivity contribution is 8.00. The Morgan fingerprint density at radius 2 is 2.15 bits per heavy atom. The maximum absolute atomic E-state index is 12.3. The van der Waals surface area contributed by atoms with Gasteiger partial charge in [-0.3, -0.25) is 4.79 Å². The molecule has 1 unspecified atom stereocenters. The third-order valence-electron chi connectivity index (χ3n) is 3.52. The van der Waals surface area contributed by atoms with Gasteiger partial charge in [-0.1, -0.05) is 29.1 Å². The summed E-state index contributed by atoms with van der Waals surface area (Å²) < 4.78 is 11.7. The van der Waals surface area contributed by atoms with Crippen molar-refractivity contribution in [2.45, 2.75) is 30.8 Å². The Kier molecular flexibility index (Phi) is 5.52. The maximum atomic E-state index is 12.3. The van der Waals surface area contributed by atoms with E-state index < -0.39 is 5.25 Å². The molecule has 3 aromatic rings. The van der Waals surface area contributed by atoms with Crippen LogP contribution in [0.2, 0.25) is 0 Å². The summed E-state index contributed by atoms with van der Waals surface area (Å²) in [7, 11) is 1.62. The third-order valence-corrected chi connectivity index (χ3v) is 4.59. The Balaban J connectivity index is 1.62. The number of hydrogen-bond acceptors (Lipinski definition) is 8. The Bertz CT molecular complexity index is 876. The molecule has 2 aromatic heterocycles. The van der Waals surface area contributed by atoms with Crippen LogP contribution in [0.3, 0.4) is 0 Å². The number of tetrazole rings is 1. The van der Waals surface area contributed by atoms with Crippen LogP contribution in [-0.2, 0) is 11.3 Å². The number of aryl methyl sites for hydroxylation is 1. The van der Waals surface area contributed by atoms with E-state index in [1.807, 2.05) is 24.3 Å². The van der Waals surface area contributed by atoms with E-state index in [0.717, 1.165) is 11.3 Å². The van der Waals surface area contributed by atoms with Crippen molar-refractivity contribution in [3.63, 3.8) is 0 Å². The van der Waals surface area contributed by atoms with Gasteiger partial charge in [0.2, 0.25) is 11.1 Å². The summed E-state index contributed by atoms with van der Waals surface area (Å²) >= 11 is 1.27. The smallest absolute Gasteiger partial charge is 0.238 e. The molecular formula is C16H18N6O3S. The van der Waals surface area contributed by atoms with Crippen molar-refractivity contribution in [3.8, 4) is 5.75 Å².